The maximum Gasteiger partial charge on any atom is 0.244 e. The van der Waals surface area contributed by atoms with Crippen molar-refractivity contribution in [2.24, 2.45) is 23.0 Å². The van der Waals surface area contributed by atoms with Crippen LogP contribution >= 0.6 is 0 Å². The van der Waals surface area contributed by atoms with E-state index in [0.29, 0.717) is 12.5 Å². The Bertz CT molecular complexity index is 439. The van der Waals surface area contributed by atoms with Crippen LogP contribution in [-0.4, -0.2) is 53.4 Å². The molecule has 1 saturated carbocycles. The largest absolute Gasteiger partial charge is 0.394 e. The van der Waals surface area contributed by atoms with Crippen molar-refractivity contribution in [1.29, 1.82) is 0 Å². The van der Waals surface area contributed by atoms with Gasteiger partial charge in [-0.15, -0.1) is 0 Å². The Hall–Kier alpha value is -0.650. The third kappa shape index (κ3) is 1.83. The second kappa shape index (κ2) is 4.93. The summed E-state index contributed by atoms with van der Waals surface area (Å²) in [6.07, 6.45) is 2.97. The molecule has 5 nitrogen and oxygen atoms in total. The summed E-state index contributed by atoms with van der Waals surface area (Å²) in [5, 5.41) is 9.62. The Balaban J connectivity index is 1.86. The number of carbonyl (C=O) groups is 1. The number of fused-ring (bicyclic) bond motifs is 1. The number of likely N-dealkylation sites (tertiary alicyclic amines) is 1. The lowest BCUT2D eigenvalue weighted by Gasteiger charge is -2.65. The van der Waals surface area contributed by atoms with Crippen molar-refractivity contribution in [2.75, 3.05) is 19.8 Å². The van der Waals surface area contributed by atoms with Crippen LogP contribution in [0.15, 0.2) is 0 Å². The number of ether oxygens (including phenoxy) is 1. The fourth-order valence-electron chi connectivity index (χ4n) is 4.79. The summed E-state index contributed by atoms with van der Waals surface area (Å²) < 4.78 is 5.87. The number of hydrogen-bond acceptors (Lipinski definition) is 4. The first-order chi connectivity index (χ1) is 9.85. The van der Waals surface area contributed by atoms with E-state index in [4.69, 9.17) is 10.5 Å². The number of aliphatic hydroxyl groups excluding tert-OH is 1. The minimum Gasteiger partial charge on any atom is -0.394 e. The zero-order valence-corrected chi connectivity index (χ0v) is 13.3. The maximum atomic E-state index is 13.2. The molecule has 3 fully saturated rings. The maximum absolute atomic E-state index is 13.2. The standard InChI is InChI=1S/C16H28N2O3/c1-10-6-7-18(12(10)9-19)14(20)16(17)11-5-4-8-21-13(11)15(16,2)3/h10-13,19H,4-9,17H2,1-3H3. The Morgan fingerprint density at radius 2 is 2.14 bits per heavy atom. The molecular weight excluding hydrogens is 268 g/mol. The smallest absolute Gasteiger partial charge is 0.244 e. The molecule has 2 aliphatic heterocycles. The summed E-state index contributed by atoms with van der Waals surface area (Å²) in [5.41, 5.74) is 5.47. The van der Waals surface area contributed by atoms with Crippen molar-refractivity contribution >= 4 is 5.91 Å². The van der Waals surface area contributed by atoms with E-state index in [2.05, 4.69) is 6.92 Å². The molecule has 0 aromatic rings. The number of aliphatic hydroxyl groups is 1. The predicted octanol–water partition coefficient (Wildman–Crippen LogP) is 0.748. The average molecular weight is 296 g/mol. The Morgan fingerprint density at radius 3 is 2.81 bits per heavy atom. The molecule has 0 spiro atoms. The highest BCUT2D eigenvalue weighted by molar-refractivity contribution is 5.90. The van der Waals surface area contributed by atoms with Gasteiger partial charge in [0.1, 0.15) is 5.54 Å². The van der Waals surface area contributed by atoms with Gasteiger partial charge in [-0.25, -0.2) is 0 Å². The Labute approximate surface area is 126 Å². The topological polar surface area (TPSA) is 75.8 Å². The highest BCUT2D eigenvalue weighted by Crippen LogP contribution is 2.58. The first kappa shape index (κ1) is 15.3. The van der Waals surface area contributed by atoms with E-state index in [1.54, 1.807) is 0 Å². The third-order valence-electron chi connectivity index (χ3n) is 6.37. The van der Waals surface area contributed by atoms with Crippen molar-refractivity contribution in [1.82, 2.24) is 4.90 Å². The minimum absolute atomic E-state index is 0.0163. The number of hydrogen-bond donors (Lipinski definition) is 2. The van der Waals surface area contributed by atoms with Crippen molar-refractivity contribution in [3.05, 3.63) is 0 Å². The molecule has 3 rings (SSSR count). The summed E-state index contributed by atoms with van der Waals surface area (Å²) >= 11 is 0. The molecule has 0 radical (unpaired) electrons. The summed E-state index contributed by atoms with van der Waals surface area (Å²) in [6, 6.07) is -0.0858. The molecule has 5 heteroatoms. The van der Waals surface area contributed by atoms with E-state index in [0.717, 1.165) is 25.9 Å². The lowest BCUT2D eigenvalue weighted by molar-refractivity contribution is -0.230. The van der Waals surface area contributed by atoms with Crippen LogP contribution < -0.4 is 5.73 Å². The van der Waals surface area contributed by atoms with Crippen LogP contribution in [0.5, 0.6) is 0 Å². The van der Waals surface area contributed by atoms with Crippen LogP contribution in [0.25, 0.3) is 0 Å². The fraction of sp³-hybridized carbons (Fsp3) is 0.938. The van der Waals surface area contributed by atoms with Gasteiger partial charge < -0.3 is 20.5 Å². The van der Waals surface area contributed by atoms with Gasteiger partial charge in [-0.3, -0.25) is 4.79 Å². The number of nitrogens with two attached hydrogens (primary N) is 1. The van der Waals surface area contributed by atoms with E-state index in [1.807, 2.05) is 18.7 Å². The molecule has 1 amide bonds. The second-order valence-corrected chi connectivity index (χ2v) is 7.65. The molecule has 1 aliphatic carbocycles. The molecular formula is C16H28N2O3. The first-order valence-corrected chi connectivity index (χ1v) is 8.18. The molecule has 3 aliphatic rings. The fourth-order valence-corrected chi connectivity index (χ4v) is 4.79. The van der Waals surface area contributed by atoms with E-state index < -0.39 is 5.54 Å². The average Bonchev–Trinajstić information content (AvgIpc) is 2.86. The molecule has 2 saturated heterocycles. The van der Waals surface area contributed by atoms with Crippen LogP contribution in [0.3, 0.4) is 0 Å². The molecule has 0 aromatic heterocycles. The summed E-state index contributed by atoms with van der Waals surface area (Å²) in [4.78, 5) is 15.0. The zero-order valence-electron chi connectivity index (χ0n) is 13.3. The van der Waals surface area contributed by atoms with E-state index in [1.165, 1.54) is 0 Å². The Kier molecular flexibility index (Phi) is 3.58. The highest BCUT2D eigenvalue weighted by Gasteiger charge is 2.71. The van der Waals surface area contributed by atoms with Crippen molar-refractivity contribution in [3.8, 4) is 0 Å². The van der Waals surface area contributed by atoms with Crippen LogP contribution in [0.1, 0.15) is 40.0 Å². The third-order valence-corrected chi connectivity index (χ3v) is 6.37. The second-order valence-electron chi connectivity index (χ2n) is 7.65. The SMILES string of the molecule is CC1CCN(C(=O)C2(N)C3CCCOC3C2(C)C)C1CO. The van der Waals surface area contributed by atoms with Crippen LogP contribution in [0.2, 0.25) is 0 Å². The first-order valence-electron chi connectivity index (χ1n) is 8.18. The quantitative estimate of drug-likeness (QED) is 0.788. The zero-order chi connectivity index (χ0) is 15.4. The minimum atomic E-state index is -0.852. The van der Waals surface area contributed by atoms with E-state index >= 15 is 0 Å². The number of rotatable bonds is 2. The monoisotopic (exact) mass is 296 g/mol. The molecule has 2 heterocycles. The van der Waals surface area contributed by atoms with Crippen LogP contribution in [0, 0.1) is 17.3 Å². The molecule has 0 aromatic carbocycles. The van der Waals surface area contributed by atoms with Crippen LogP contribution in [-0.2, 0) is 9.53 Å². The van der Waals surface area contributed by atoms with Crippen LogP contribution in [0.4, 0.5) is 0 Å². The summed E-state index contributed by atoms with van der Waals surface area (Å²) in [7, 11) is 0. The normalized spacial score (nSPS) is 45.1. The van der Waals surface area contributed by atoms with E-state index in [-0.39, 0.29) is 36.0 Å². The lowest BCUT2D eigenvalue weighted by atomic mass is 9.46. The highest BCUT2D eigenvalue weighted by atomic mass is 16.5. The molecule has 0 bridgehead atoms. The van der Waals surface area contributed by atoms with Gasteiger partial charge in [0, 0.05) is 24.5 Å². The van der Waals surface area contributed by atoms with Gasteiger partial charge in [0.15, 0.2) is 0 Å². The van der Waals surface area contributed by atoms with Gasteiger partial charge in [0.25, 0.3) is 0 Å². The van der Waals surface area contributed by atoms with Gasteiger partial charge in [-0.05, 0) is 25.2 Å². The molecule has 5 atom stereocenters. The van der Waals surface area contributed by atoms with E-state index in [9.17, 15) is 9.90 Å². The Morgan fingerprint density at radius 1 is 1.43 bits per heavy atom. The molecule has 3 N–H and O–H groups in total. The lowest BCUT2D eigenvalue weighted by Crippen LogP contribution is -2.82. The van der Waals surface area contributed by atoms with Crippen molar-refractivity contribution in [2.45, 2.75) is 57.7 Å². The summed E-state index contributed by atoms with van der Waals surface area (Å²) in [6.45, 7) is 7.69. The summed E-state index contributed by atoms with van der Waals surface area (Å²) in [5.74, 6) is 0.468. The molecule has 21 heavy (non-hydrogen) atoms. The van der Waals surface area contributed by atoms with Gasteiger partial charge in [-0.1, -0.05) is 20.8 Å². The molecule has 5 unspecified atom stereocenters. The van der Waals surface area contributed by atoms with Gasteiger partial charge in [-0.2, -0.15) is 0 Å². The number of nitrogens with zero attached hydrogens (tertiary/aromatic N) is 1. The number of carbonyl (C=O) groups excluding carboxylic acids is 1. The van der Waals surface area contributed by atoms with Gasteiger partial charge in [0.05, 0.1) is 18.8 Å². The van der Waals surface area contributed by atoms with Crippen molar-refractivity contribution in [3.63, 3.8) is 0 Å². The molecule has 120 valence electrons. The predicted molar refractivity (Wildman–Crippen MR) is 79.5 cm³/mol. The van der Waals surface area contributed by atoms with Gasteiger partial charge >= 0.3 is 0 Å². The van der Waals surface area contributed by atoms with Crippen molar-refractivity contribution < 1.29 is 14.6 Å². The number of amides is 1. The van der Waals surface area contributed by atoms with Gasteiger partial charge in [0.2, 0.25) is 5.91 Å².